The third kappa shape index (κ3) is 4.82. The summed E-state index contributed by atoms with van der Waals surface area (Å²) in [5.41, 5.74) is 7.40. The Kier molecular flexibility index (Phi) is 7.90. The number of halogens is 1. The maximum Gasteiger partial charge on any atom is 0.226 e. The van der Waals surface area contributed by atoms with E-state index in [0.29, 0.717) is 27.7 Å². The van der Waals surface area contributed by atoms with Crippen LogP contribution in [0.15, 0.2) is 4.73 Å². The lowest BCUT2D eigenvalue weighted by atomic mass is 10.2. The number of nitrogens with one attached hydrogen (secondary N) is 1. The number of aromatic nitrogens is 4. The van der Waals surface area contributed by atoms with Crippen molar-refractivity contribution >= 4 is 38.9 Å². The molecule has 3 N–H and O–H groups in total. The average molecular weight is 413 g/mol. The van der Waals surface area contributed by atoms with Gasteiger partial charge in [-0.2, -0.15) is 9.97 Å². The Morgan fingerprint density at radius 2 is 2.04 bits per heavy atom. The summed E-state index contributed by atoms with van der Waals surface area (Å²) < 4.78 is 8.54. The van der Waals surface area contributed by atoms with Gasteiger partial charge in [0.05, 0.1) is 0 Å². The van der Waals surface area contributed by atoms with E-state index in [-0.39, 0.29) is 6.23 Å². The Labute approximate surface area is 157 Å². The molecular weight excluding hydrogens is 384 g/mol. The Morgan fingerprint density at radius 3 is 2.72 bits per heavy atom. The van der Waals surface area contributed by atoms with Crippen LogP contribution in [0, 0.1) is 0 Å². The van der Waals surface area contributed by atoms with Gasteiger partial charge in [0, 0.05) is 13.2 Å². The third-order valence-corrected chi connectivity index (χ3v) is 4.59. The molecule has 2 aromatic rings. The van der Waals surface area contributed by atoms with Crippen molar-refractivity contribution in [3.05, 3.63) is 4.73 Å². The van der Waals surface area contributed by atoms with Crippen LogP contribution in [0.2, 0.25) is 0 Å². The molecule has 0 spiro atoms. The van der Waals surface area contributed by atoms with Gasteiger partial charge in [0.15, 0.2) is 21.7 Å². The van der Waals surface area contributed by atoms with Gasteiger partial charge in [0.2, 0.25) is 5.95 Å². The number of anilines is 2. The first kappa shape index (κ1) is 19.9. The number of imidazole rings is 1. The van der Waals surface area contributed by atoms with Gasteiger partial charge >= 0.3 is 0 Å². The standard InChI is InChI=1S/C15H23BrN6O.C2H6/c1-2-3-5-8-18-15-20-12(17)11-13(21-15)22(14(16)19-11)10-7-4-6-9-23-10;1-2/h10H,2-9H2,1H3,(H3,17,18,20,21);1-2H3. The lowest BCUT2D eigenvalue weighted by Gasteiger charge is -2.24. The predicted molar refractivity (Wildman–Crippen MR) is 106 cm³/mol. The second-order valence-electron chi connectivity index (χ2n) is 5.81. The van der Waals surface area contributed by atoms with E-state index in [0.717, 1.165) is 38.8 Å². The van der Waals surface area contributed by atoms with Crippen molar-refractivity contribution in [2.45, 2.75) is 65.5 Å². The number of rotatable bonds is 6. The number of fused-ring (bicyclic) bond motifs is 1. The molecule has 0 aromatic carbocycles. The Hall–Kier alpha value is -1.41. The van der Waals surface area contributed by atoms with Crippen molar-refractivity contribution in [2.75, 3.05) is 24.2 Å². The topological polar surface area (TPSA) is 90.9 Å². The minimum absolute atomic E-state index is 0.0506. The number of nitrogens with two attached hydrogens (primary N) is 1. The molecular formula is C17H29BrN6O. The molecule has 1 fully saturated rings. The van der Waals surface area contributed by atoms with Crippen LogP contribution < -0.4 is 11.1 Å². The van der Waals surface area contributed by atoms with Crippen LogP contribution in [0.4, 0.5) is 11.8 Å². The molecule has 140 valence electrons. The van der Waals surface area contributed by atoms with Gasteiger partial charge in [0.1, 0.15) is 6.23 Å². The number of ether oxygens (including phenoxy) is 1. The predicted octanol–water partition coefficient (Wildman–Crippen LogP) is 4.50. The molecule has 2 aromatic heterocycles. The van der Waals surface area contributed by atoms with Crippen LogP contribution in [0.25, 0.3) is 11.2 Å². The monoisotopic (exact) mass is 412 g/mol. The number of hydrogen-bond donors (Lipinski definition) is 2. The SMILES string of the molecule is CC.CCCCCNc1nc(N)c2nc(Br)n(C3CCCCO3)c2n1. The van der Waals surface area contributed by atoms with Crippen molar-refractivity contribution in [1.82, 2.24) is 19.5 Å². The van der Waals surface area contributed by atoms with Gasteiger partial charge < -0.3 is 15.8 Å². The maximum absolute atomic E-state index is 6.07. The molecule has 0 aliphatic carbocycles. The fourth-order valence-electron chi connectivity index (χ4n) is 2.81. The first-order chi connectivity index (χ1) is 12.2. The number of hydrogen-bond acceptors (Lipinski definition) is 6. The molecule has 0 amide bonds. The summed E-state index contributed by atoms with van der Waals surface area (Å²) in [4.78, 5) is 13.4. The smallest absolute Gasteiger partial charge is 0.226 e. The number of nitrogen functional groups attached to an aromatic ring is 1. The Balaban J connectivity index is 0.00000109. The van der Waals surface area contributed by atoms with E-state index in [1.807, 2.05) is 18.4 Å². The van der Waals surface area contributed by atoms with Crippen LogP contribution in [0.3, 0.4) is 0 Å². The van der Waals surface area contributed by atoms with Crippen LogP contribution in [-0.2, 0) is 4.74 Å². The quantitative estimate of drug-likeness (QED) is 0.535. The molecule has 7 nitrogen and oxygen atoms in total. The summed E-state index contributed by atoms with van der Waals surface area (Å²) >= 11 is 3.51. The zero-order valence-corrected chi connectivity index (χ0v) is 17.0. The van der Waals surface area contributed by atoms with Gasteiger partial charge in [-0.25, -0.2) is 4.98 Å². The molecule has 0 bridgehead atoms. The zero-order chi connectivity index (χ0) is 18.2. The average Bonchev–Trinajstić information content (AvgIpc) is 2.98. The van der Waals surface area contributed by atoms with Gasteiger partial charge in [0.25, 0.3) is 0 Å². The molecule has 1 aliphatic rings. The summed E-state index contributed by atoms with van der Waals surface area (Å²) in [6.45, 7) is 7.79. The number of nitrogens with zero attached hydrogens (tertiary/aromatic N) is 4. The molecule has 25 heavy (non-hydrogen) atoms. The Morgan fingerprint density at radius 1 is 1.24 bits per heavy atom. The number of unbranched alkanes of at least 4 members (excludes halogenated alkanes) is 2. The van der Waals surface area contributed by atoms with E-state index in [2.05, 4.69) is 43.1 Å². The zero-order valence-electron chi connectivity index (χ0n) is 15.4. The van der Waals surface area contributed by atoms with Crippen LogP contribution >= 0.6 is 15.9 Å². The normalized spacial score (nSPS) is 17.2. The van der Waals surface area contributed by atoms with Crippen LogP contribution in [0.1, 0.15) is 65.5 Å². The van der Waals surface area contributed by atoms with Crippen molar-refractivity contribution in [3.63, 3.8) is 0 Å². The summed E-state index contributed by atoms with van der Waals surface area (Å²) in [6.07, 6.45) is 6.60. The fraction of sp³-hybridized carbons (Fsp3) is 0.706. The first-order valence-electron chi connectivity index (χ1n) is 9.27. The lowest BCUT2D eigenvalue weighted by molar-refractivity contribution is -0.0311. The molecule has 8 heteroatoms. The van der Waals surface area contributed by atoms with Gasteiger partial charge in [-0.1, -0.05) is 33.6 Å². The molecule has 1 aliphatic heterocycles. The molecule has 0 saturated carbocycles. The van der Waals surface area contributed by atoms with Crippen molar-refractivity contribution < 1.29 is 4.74 Å². The highest BCUT2D eigenvalue weighted by Crippen LogP contribution is 2.31. The van der Waals surface area contributed by atoms with Gasteiger partial charge in [-0.3, -0.25) is 4.57 Å². The minimum atomic E-state index is -0.0506. The summed E-state index contributed by atoms with van der Waals surface area (Å²) in [6, 6.07) is 0. The molecule has 1 atom stereocenters. The molecule has 0 radical (unpaired) electrons. The van der Waals surface area contributed by atoms with Crippen LogP contribution in [0.5, 0.6) is 0 Å². The summed E-state index contributed by atoms with van der Waals surface area (Å²) in [5, 5.41) is 3.25. The van der Waals surface area contributed by atoms with E-state index in [1.165, 1.54) is 12.8 Å². The highest BCUT2D eigenvalue weighted by atomic mass is 79.9. The summed E-state index contributed by atoms with van der Waals surface area (Å²) in [5.74, 6) is 0.943. The van der Waals surface area contributed by atoms with Gasteiger partial charge in [-0.05, 0) is 41.6 Å². The second-order valence-corrected chi connectivity index (χ2v) is 6.52. The van der Waals surface area contributed by atoms with E-state index in [1.54, 1.807) is 0 Å². The molecule has 1 unspecified atom stereocenters. The fourth-order valence-corrected chi connectivity index (χ4v) is 3.38. The Bertz CT molecular complexity index is 669. The molecule has 3 heterocycles. The maximum atomic E-state index is 6.07. The van der Waals surface area contributed by atoms with Crippen LogP contribution in [-0.4, -0.2) is 32.7 Å². The van der Waals surface area contributed by atoms with E-state index < -0.39 is 0 Å². The largest absolute Gasteiger partial charge is 0.382 e. The van der Waals surface area contributed by atoms with E-state index >= 15 is 0 Å². The molecule has 1 saturated heterocycles. The van der Waals surface area contributed by atoms with Crippen molar-refractivity contribution in [3.8, 4) is 0 Å². The minimum Gasteiger partial charge on any atom is -0.382 e. The lowest BCUT2D eigenvalue weighted by Crippen LogP contribution is -2.19. The van der Waals surface area contributed by atoms with Gasteiger partial charge in [-0.15, -0.1) is 0 Å². The first-order valence-corrected chi connectivity index (χ1v) is 10.1. The highest BCUT2D eigenvalue weighted by Gasteiger charge is 2.23. The van der Waals surface area contributed by atoms with E-state index in [9.17, 15) is 0 Å². The van der Waals surface area contributed by atoms with Crippen molar-refractivity contribution in [2.24, 2.45) is 0 Å². The summed E-state index contributed by atoms with van der Waals surface area (Å²) in [7, 11) is 0. The molecule has 3 rings (SSSR count). The third-order valence-electron chi connectivity index (χ3n) is 4.03. The van der Waals surface area contributed by atoms with E-state index in [4.69, 9.17) is 10.5 Å². The van der Waals surface area contributed by atoms with Crippen molar-refractivity contribution in [1.29, 1.82) is 0 Å². The second kappa shape index (κ2) is 9.91. The highest BCUT2D eigenvalue weighted by molar-refractivity contribution is 9.10.